The normalized spacial score (nSPS) is 15.0. The Balaban J connectivity index is 1.53. The van der Waals surface area contributed by atoms with Crippen LogP contribution in [0.2, 0.25) is 0 Å². The van der Waals surface area contributed by atoms with Crippen molar-refractivity contribution in [3.05, 3.63) is 107 Å². The summed E-state index contributed by atoms with van der Waals surface area (Å²) in [6.45, 7) is 13.2. The summed E-state index contributed by atoms with van der Waals surface area (Å²) < 4.78 is 12.6. The molecule has 4 aromatic rings. The predicted octanol–water partition coefficient (Wildman–Crippen LogP) is 7.04. The fourth-order valence-electron chi connectivity index (χ4n) is 5.99. The lowest BCUT2D eigenvalue weighted by Gasteiger charge is -2.34. The van der Waals surface area contributed by atoms with E-state index < -0.39 is 15.8 Å². The van der Waals surface area contributed by atoms with Crippen molar-refractivity contribution in [1.29, 1.82) is 0 Å². The molecule has 0 aromatic heterocycles. The second-order valence-corrected chi connectivity index (χ2v) is 16.9. The average Bonchev–Trinajstić information content (AvgIpc) is 3.57. The lowest BCUT2D eigenvalue weighted by molar-refractivity contribution is 0.359. The van der Waals surface area contributed by atoms with E-state index in [1.165, 1.54) is 49.0 Å². The maximum Gasteiger partial charge on any atom is 0.130 e. The van der Waals surface area contributed by atoms with Gasteiger partial charge in [0.25, 0.3) is 0 Å². The van der Waals surface area contributed by atoms with Gasteiger partial charge < -0.3 is 9.47 Å². The van der Waals surface area contributed by atoms with E-state index in [0.29, 0.717) is 0 Å². The average molecular weight is 553 g/mol. The van der Waals surface area contributed by atoms with Gasteiger partial charge in [-0.1, -0.05) is 119 Å². The van der Waals surface area contributed by atoms with Crippen LogP contribution in [-0.4, -0.2) is 18.4 Å². The number of benzene rings is 4. The number of hydrogen-bond acceptors (Lipinski definition) is 2. The van der Waals surface area contributed by atoms with Crippen molar-refractivity contribution >= 4 is 37.1 Å². The smallest absolute Gasteiger partial charge is 0.130 e. The molecule has 0 amide bonds. The molecule has 39 heavy (non-hydrogen) atoms. The van der Waals surface area contributed by atoms with Crippen molar-refractivity contribution in [2.24, 2.45) is 0 Å². The molecular weight excluding hydrogens is 514 g/mol. The summed E-state index contributed by atoms with van der Waals surface area (Å²) in [4.78, 5) is 0. The summed E-state index contributed by atoms with van der Waals surface area (Å²) in [5.41, 5.74) is 6.82. The molecule has 0 N–H and O–H groups in total. The molecule has 1 atom stereocenters. The number of fused-ring (bicyclic) bond motifs is 2. The molecule has 4 heteroatoms. The van der Waals surface area contributed by atoms with E-state index in [2.05, 4.69) is 113 Å². The number of rotatable bonds is 6. The number of aryl methyl sites for hydroxylation is 2. The van der Waals surface area contributed by atoms with Gasteiger partial charge in [0.15, 0.2) is 0 Å². The Bertz CT molecular complexity index is 1440. The summed E-state index contributed by atoms with van der Waals surface area (Å²) >= 11 is 0. The summed E-state index contributed by atoms with van der Waals surface area (Å²) in [6.07, 6.45) is 3.03. The minimum absolute atomic E-state index is 0.180. The van der Waals surface area contributed by atoms with E-state index >= 15 is 0 Å². The van der Waals surface area contributed by atoms with Gasteiger partial charge in [-0.2, -0.15) is 0 Å². The topological polar surface area (TPSA) is 18.5 Å². The standard InChI is InChI=1S/C35H38O2P2/c1-24-20-25(2)22-29(21-24)38(35(3,4)5)23-28-10-6-7-13-30(28)39(31-14-8-11-26-16-18-36-33(26)31)32-15-9-12-27-17-19-37-34(27)32/h6-15,20-22H,16-19,23H2,1-5H3. The van der Waals surface area contributed by atoms with Crippen LogP contribution in [0.1, 0.15) is 48.6 Å². The fourth-order valence-corrected chi connectivity index (χ4v) is 11.6. The molecule has 4 aromatic carbocycles. The van der Waals surface area contributed by atoms with Crippen LogP contribution < -0.4 is 30.7 Å². The van der Waals surface area contributed by atoms with Gasteiger partial charge in [-0.05, 0) is 60.4 Å². The third-order valence-electron chi connectivity index (χ3n) is 7.76. The second kappa shape index (κ2) is 10.7. The van der Waals surface area contributed by atoms with Crippen LogP contribution in [0, 0.1) is 13.8 Å². The Labute approximate surface area is 236 Å². The first kappa shape index (κ1) is 26.6. The van der Waals surface area contributed by atoms with Crippen molar-refractivity contribution in [2.75, 3.05) is 13.2 Å². The molecule has 0 fully saturated rings. The highest BCUT2D eigenvalue weighted by Crippen LogP contribution is 2.53. The molecule has 2 heterocycles. The van der Waals surface area contributed by atoms with E-state index in [1.54, 1.807) is 0 Å². The van der Waals surface area contributed by atoms with Crippen LogP contribution in [0.5, 0.6) is 11.5 Å². The Morgan fingerprint density at radius 3 is 1.77 bits per heavy atom. The predicted molar refractivity (Wildman–Crippen MR) is 169 cm³/mol. The highest BCUT2D eigenvalue weighted by molar-refractivity contribution is 7.80. The van der Waals surface area contributed by atoms with Crippen LogP contribution in [0.3, 0.4) is 0 Å². The molecule has 0 radical (unpaired) electrons. The minimum atomic E-state index is -0.860. The Morgan fingerprint density at radius 1 is 0.667 bits per heavy atom. The highest BCUT2D eigenvalue weighted by Gasteiger charge is 2.33. The van der Waals surface area contributed by atoms with Crippen LogP contribution in [0.25, 0.3) is 0 Å². The monoisotopic (exact) mass is 552 g/mol. The van der Waals surface area contributed by atoms with Gasteiger partial charge in [-0.3, -0.25) is 0 Å². The van der Waals surface area contributed by atoms with Gasteiger partial charge in [0.1, 0.15) is 11.5 Å². The SMILES string of the molecule is Cc1cc(C)cc(P(Cc2ccccc2P(c2cccc3c2OCC3)c2cccc3c2OCC3)C(C)(C)C)c1. The number of hydrogen-bond donors (Lipinski definition) is 0. The molecule has 0 saturated heterocycles. The van der Waals surface area contributed by atoms with Crippen molar-refractivity contribution in [3.63, 3.8) is 0 Å². The summed E-state index contributed by atoms with van der Waals surface area (Å²) in [6, 6.07) is 29.9. The Kier molecular flexibility index (Phi) is 7.30. The molecule has 200 valence electrons. The van der Waals surface area contributed by atoms with Crippen LogP contribution in [0.4, 0.5) is 0 Å². The summed E-state index contributed by atoms with van der Waals surface area (Å²) in [5.74, 6) is 2.20. The molecule has 2 nitrogen and oxygen atoms in total. The van der Waals surface area contributed by atoms with Crippen molar-refractivity contribution in [2.45, 2.75) is 58.8 Å². The lowest BCUT2D eigenvalue weighted by Crippen LogP contribution is -2.27. The number of ether oxygens (including phenoxy) is 2. The quantitative estimate of drug-likeness (QED) is 0.239. The molecular formula is C35H38O2P2. The fraction of sp³-hybridized carbons (Fsp3) is 0.314. The zero-order valence-electron chi connectivity index (χ0n) is 23.8. The third kappa shape index (κ3) is 5.27. The lowest BCUT2D eigenvalue weighted by atomic mass is 10.2. The first-order chi connectivity index (χ1) is 18.8. The Hall–Kier alpha value is -2.66. The largest absolute Gasteiger partial charge is 0.492 e. The maximum absolute atomic E-state index is 6.32. The second-order valence-electron chi connectivity index (χ2n) is 11.8. The molecule has 2 aliphatic rings. The molecule has 0 bridgehead atoms. The molecule has 0 aliphatic carbocycles. The van der Waals surface area contributed by atoms with Gasteiger partial charge in [0.05, 0.1) is 13.2 Å². The van der Waals surface area contributed by atoms with Crippen molar-refractivity contribution in [3.8, 4) is 11.5 Å². The van der Waals surface area contributed by atoms with Crippen molar-refractivity contribution < 1.29 is 9.47 Å². The Morgan fingerprint density at radius 2 is 1.21 bits per heavy atom. The van der Waals surface area contributed by atoms with Crippen molar-refractivity contribution in [1.82, 2.24) is 0 Å². The summed E-state index contributed by atoms with van der Waals surface area (Å²) in [7, 11) is -1.31. The van der Waals surface area contributed by atoms with E-state index in [9.17, 15) is 0 Å². The zero-order chi connectivity index (χ0) is 27.1. The number of para-hydroxylation sites is 2. The van der Waals surface area contributed by atoms with Gasteiger partial charge >= 0.3 is 0 Å². The highest BCUT2D eigenvalue weighted by atomic mass is 31.1. The van der Waals surface area contributed by atoms with Gasteiger partial charge in [0, 0.05) is 23.5 Å². The van der Waals surface area contributed by atoms with E-state index in [1.807, 2.05) is 0 Å². The molecule has 0 saturated carbocycles. The van der Waals surface area contributed by atoms with Gasteiger partial charge in [-0.15, -0.1) is 0 Å². The molecule has 2 aliphatic heterocycles. The maximum atomic E-state index is 6.32. The first-order valence-electron chi connectivity index (χ1n) is 14.0. The van der Waals surface area contributed by atoms with Crippen LogP contribution >= 0.6 is 15.8 Å². The molecule has 6 rings (SSSR count). The van der Waals surface area contributed by atoms with E-state index in [0.717, 1.165) is 43.7 Å². The third-order valence-corrected chi connectivity index (χ3v) is 13.5. The zero-order valence-corrected chi connectivity index (χ0v) is 25.5. The van der Waals surface area contributed by atoms with Gasteiger partial charge in [0.2, 0.25) is 0 Å². The first-order valence-corrected chi connectivity index (χ1v) is 16.9. The molecule has 1 unspecified atom stereocenters. The van der Waals surface area contributed by atoms with Crippen LogP contribution in [0.15, 0.2) is 78.9 Å². The van der Waals surface area contributed by atoms with Crippen LogP contribution in [-0.2, 0) is 19.0 Å². The van der Waals surface area contributed by atoms with E-state index in [4.69, 9.17) is 9.47 Å². The molecule has 0 spiro atoms. The summed E-state index contributed by atoms with van der Waals surface area (Å²) in [5, 5.41) is 5.76. The van der Waals surface area contributed by atoms with Gasteiger partial charge in [-0.25, -0.2) is 0 Å². The van der Waals surface area contributed by atoms with E-state index in [-0.39, 0.29) is 5.16 Å². The minimum Gasteiger partial charge on any atom is -0.492 e.